The Labute approximate surface area is 219 Å². The summed E-state index contributed by atoms with van der Waals surface area (Å²) in [5, 5.41) is 4.33. The van der Waals surface area contributed by atoms with Crippen molar-refractivity contribution < 1.29 is 9.47 Å². The number of thiazole rings is 1. The molecule has 188 valence electrons. The molecule has 3 aromatic carbocycles. The molecule has 1 aromatic heterocycles. The van der Waals surface area contributed by atoms with Crippen LogP contribution in [0, 0.1) is 13.8 Å². The first-order valence-corrected chi connectivity index (χ1v) is 12.9. The van der Waals surface area contributed by atoms with E-state index in [1.165, 1.54) is 0 Å². The SMILES string of the molecule is Cc1nc2ccc(Oc3ccc(N4C=Nc5ccc(N=C6NC(C)(C)CO6)cc5C4N)cc3C)cc2s1. The maximum absolute atomic E-state index is 6.71. The van der Waals surface area contributed by atoms with Gasteiger partial charge in [0.05, 0.1) is 38.5 Å². The highest BCUT2D eigenvalue weighted by atomic mass is 32.1. The molecule has 6 rings (SSSR count). The lowest BCUT2D eigenvalue weighted by Crippen LogP contribution is -2.36. The molecule has 0 aliphatic carbocycles. The van der Waals surface area contributed by atoms with E-state index in [9.17, 15) is 0 Å². The van der Waals surface area contributed by atoms with Gasteiger partial charge in [-0.15, -0.1) is 11.3 Å². The largest absolute Gasteiger partial charge is 0.463 e. The Bertz CT molecular complexity index is 1570. The van der Waals surface area contributed by atoms with E-state index in [4.69, 9.17) is 15.2 Å². The number of ether oxygens (including phenoxy) is 2. The van der Waals surface area contributed by atoms with Crippen molar-refractivity contribution in [3.8, 4) is 11.5 Å². The number of anilines is 1. The Morgan fingerprint density at radius 1 is 1.14 bits per heavy atom. The van der Waals surface area contributed by atoms with Crippen molar-refractivity contribution in [1.82, 2.24) is 10.3 Å². The molecule has 3 N–H and O–H groups in total. The molecule has 0 amide bonds. The number of hydrogen-bond donors (Lipinski definition) is 2. The molecule has 1 unspecified atom stereocenters. The molecule has 2 aliphatic heterocycles. The van der Waals surface area contributed by atoms with Gasteiger partial charge in [-0.05, 0) is 81.8 Å². The Morgan fingerprint density at radius 3 is 2.78 bits per heavy atom. The predicted molar refractivity (Wildman–Crippen MR) is 150 cm³/mol. The van der Waals surface area contributed by atoms with Gasteiger partial charge in [-0.25, -0.2) is 9.98 Å². The van der Waals surface area contributed by atoms with Gasteiger partial charge in [-0.1, -0.05) is 0 Å². The Balaban J connectivity index is 1.23. The van der Waals surface area contributed by atoms with E-state index in [1.807, 2.05) is 67.3 Å². The number of rotatable bonds is 4. The molecule has 9 heteroatoms. The van der Waals surface area contributed by atoms with Gasteiger partial charge in [0.15, 0.2) is 0 Å². The third-order valence-electron chi connectivity index (χ3n) is 6.35. The first-order valence-electron chi connectivity index (χ1n) is 12.1. The molecule has 0 bridgehead atoms. The molecule has 1 fully saturated rings. The predicted octanol–water partition coefficient (Wildman–Crippen LogP) is 6.23. The van der Waals surface area contributed by atoms with Crippen LogP contribution in [-0.2, 0) is 4.74 Å². The highest BCUT2D eigenvalue weighted by Crippen LogP contribution is 2.37. The van der Waals surface area contributed by atoms with Gasteiger partial charge in [-0.2, -0.15) is 4.99 Å². The summed E-state index contributed by atoms with van der Waals surface area (Å²) in [5.74, 6) is 1.58. The minimum Gasteiger partial charge on any atom is -0.463 e. The van der Waals surface area contributed by atoms with Crippen LogP contribution in [0.1, 0.15) is 36.1 Å². The molecule has 0 radical (unpaired) electrons. The van der Waals surface area contributed by atoms with E-state index in [-0.39, 0.29) is 5.54 Å². The summed E-state index contributed by atoms with van der Waals surface area (Å²) in [7, 11) is 0. The van der Waals surface area contributed by atoms with Gasteiger partial charge in [0.25, 0.3) is 6.02 Å². The second-order valence-corrected chi connectivity index (χ2v) is 11.2. The van der Waals surface area contributed by atoms with E-state index >= 15 is 0 Å². The van der Waals surface area contributed by atoms with Crippen LogP contribution in [0.4, 0.5) is 17.1 Å². The summed E-state index contributed by atoms with van der Waals surface area (Å²) < 4.78 is 13.0. The highest BCUT2D eigenvalue weighted by Gasteiger charge is 2.29. The maximum atomic E-state index is 6.71. The molecule has 0 saturated carbocycles. The molecule has 8 nitrogen and oxygen atoms in total. The summed E-state index contributed by atoms with van der Waals surface area (Å²) >= 11 is 1.66. The fourth-order valence-corrected chi connectivity index (χ4v) is 5.30. The molecule has 2 aliphatic rings. The van der Waals surface area contributed by atoms with Gasteiger partial charge < -0.3 is 25.4 Å². The lowest BCUT2D eigenvalue weighted by atomic mass is 10.1. The number of aliphatic imine (C=N–C) groups is 2. The number of benzene rings is 3. The average Bonchev–Trinajstić information content (AvgIpc) is 3.40. The zero-order valence-corrected chi connectivity index (χ0v) is 22.0. The van der Waals surface area contributed by atoms with Crippen molar-refractivity contribution in [2.75, 3.05) is 11.5 Å². The second kappa shape index (κ2) is 8.86. The number of nitrogens with one attached hydrogen (secondary N) is 1. The molecule has 1 atom stereocenters. The summed E-state index contributed by atoms with van der Waals surface area (Å²) in [6.45, 7) is 8.76. The van der Waals surface area contributed by atoms with Gasteiger partial charge in [-0.3, -0.25) is 0 Å². The van der Waals surface area contributed by atoms with E-state index in [2.05, 4.69) is 40.2 Å². The van der Waals surface area contributed by atoms with Crippen LogP contribution < -0.4 is 20.7 Å². The van der Waals surface area contributed by atoms with Crippen LogP contribution in [0.15, 0.2) is 64.6 Å². The van der Waals surface area contributed by atoms with E-state index in [0.717, 1.165) is 54.9 Å². The van der Waals surface area contributed by atoms with Crippen LogP contribution >= 0.6 is 11.3 Å². The summed E-state index contributed by atoms with van der Waals surface area (Å²) in [4.78, 5) is 15.7. The first kappa shape index (κ1) is 23.4. The fraction of sp³-hybridized carbons (Fsp3) is 0.250. The Kier molecular flexibility index (Phi) is 5.62. The van der Waals surface area contributed by atoms with Gasteiger partial charge in [0.1, 0.15) is 24.3 Å². The molecular weight excluding hydrogens is 484 g/mol. The van der Waals surface area contributed by atoms with Gasteiger partial charge in [0, 0.05) is 17.3 Å². The summed E-state index contributed by atoms with van der Waals surface area (Å²) in [6, 6.07) is 18.3. The van der Waals surface area contributed by atoms with Crippen LogP contribution in [0.3, 0.4) is 0 Å². The van der Waals surface area contributed by atoms with Crippen molar-refractivity contribution in [2.45, 2.75) is 39.4 Å². The zero-order valence-electron chi connectivity index (χ0n) is 21.1. The second-order valence-electron chi connectivity index (χ2n) is 9.97. The van der Waals surface area contributed by atoms with Crippen molar-refractivity contribution in [3.63, 3.8) is 0 Å². The molecular formula is C28H28N6O2S. The van der Waals surface area contributed by atoms with E-state index in [1.54, 1.807) is 17.7 Å². The molecule has 0 spiro atoms. The van der Waals surface area contributed by atoms with Crippen molar-refractivity contribution >= 4 is 51.0 Å². The standard InChI is InChI=1S/C28H28N6O2S/c1-16-11-19(6-10-24(16)36-20-7-9-23-25(13-20)37-17(2)31-23)34-15-30-22-8-5-18(12-21(22)26(34)29)32-27-33-28(3,4)14-35-27/h5-13,15,26H,14,29H2,1-4H3,(H,32,33). The smallest absolute Gasteiger partial charge is 0.290 e. The molecule has 1 saturated heterocycles. The Hall–Kier alpha value is -3.95. The number of aromatic nitrogens is 1. The van der Waals surface area contributed by atoms with Crippen LogP contribution in [0.5, 0.6) is 11.5 Å². The third-order valence-corrected chi connectivity index (χ3v) is 7.28. The lowest BCUT2D eigenvalue weighted by Gasteiger charge is -2.31. The van der Waals surface area contributed by atoms with Gasteiger partial charge in [0.2, 0.25) is 0 Å². The average molecular weight is 513 g/mol. The number of nitrogens with two attached hydrogens (primary N) is 1. The normalized spacial score (nSPS) is 19.1. The number of hydrogen-bond acceptors (Lipinski definition) is 8. The van der Waals surface area contributed by atoms with Crippen molar-refractivity contribution in [2.24, 2.45) is 15.7 Å². The lowest BCUT2D eigenvalue weighted by molar-refractivity contribution is 0.288. The summed E-state index contributed by atoms with van der Waals surface area (Å²) in [5.41, 5.74) is 12.0. The van der Waals surface area contributed by atoms with Gasteiger partial charge >= 0.3 is 0 Å². The number of amidine groups is 1. The number of nitrogens with zero attached hydrogens (tertiary/aromatic N) is 4. The topological polar surface area (TPSA) is 97.4 Å². The summed E-state index contributed by atoms with van der Waals surface area (Å²) in [6.07, 6.45) is 1.36. The van der Waals surface area contributed by atoms with E-state index < -0.39 is 6.17 Å². The Morgan fingerprint density at radius 2 is 2.00 bits per heavy atom. The molecule has 3 heterocycles. The van der Waals surface area contributed by atoms with Crippen molar-refractivity contribution in [3.05, 3.63) is 70.7 Å². The van der Waals surface area contributed by atoms with Crippen LogP contribution in [-0.4, -0.2) is 29.5 Å². The number of aryl methyl sites for hydroxylation is 2. The van der Waals surface area contributed by atoms with Crippen molar-refractivity contribution in [1.29, 1.82) is 0 Å². The monoisotopic (exact) mass is 512 g/mol. The third kappa shape index (κ3) is 4.63. The highest BCUT2D eigenvalue weighted by molar-refractivity contribution is 7.18. The fourth-order valence-electron chi connectivity index (χ4n) is 4.45. The van der Waals surface area contributed by atoms with Crippen LogP contribution in [0.2, 0.25) is 0 Å². The minimum atomic E-state index is -0.412. The molecule has 37 heavy (non-hydrogen) atoms. The first-order chi connectivity index (χ1) is 17.7. The zero-order chi connectivity index (χ0) is 25.7. The minimum absolute atomic E-state index is 0.134. The van der Waals surface area contributed by atoms with Crippen LogP contribution in [0.25, 0.3) is 10.2 Å². The van der Waals surface area contributed by atoms with E-state index in [0.29, 0.717) is 12.6 Å². The number of fused-ring (bicyclic) bond motifs is 2. The maximum Gasteiger partial charge on any atom is 0.290 e. The quantitative estimate of drug-likeness (QED) is 0.336. The molecule has 4 aromatic rings.